The van der Waals surface area contributed by atoms with Crippen LogP contribution >= 0.6 is 0 Å². The summed E-state index contributed by atoms with van der Waals surface area (Å²) in [5.74, 6) is -1.55. The Labute approximate surface area is 89.6 Å². The van der Waals surface area contributed by atoms with E-state index in [-0.39, 0.29) is 0 Å². The van der Waals surface area contributed by atoms with Gasteiger partial charge in [-0.15, -0.1) is 0 Å². The standard InChI is InChI=1S/C10H19NO4/c1-9(2,7(12)13)6(11)10(3,4)8(14)15-5/h6H,11H2,1-5H3,(H,12,13). The van der Waals surface area contributed by atoms with Crippen LogP contribution in [0, 0.1) is 10.8 Å². The number of hydrogen-bond donors (Lipinski definition) is 2. The first kappa shape index (κ1) is 13.9. The van der Waals surface area contributed by atoms with E-state index in [0.717, 1.165) is 0 Å². The fourth-order valence-corrected chi connectivity index (χ4v) is 1.43. The highest BCUT2D eigenvalue weighted by atomic mass is 16.5. The van der Waals surface area contributed by atoms with Crippen molar-refractivity contribution in [3.8, 4) is 0 Å². The van der Waals surface area contributed by atoms with E-state index in [9.17, 15) is 9.59 Å². The molecule has 5 nitrogen and oxygen atoms in total. The summed E-state index contributed by atoms with van der Waals surface area (Å²) in [5.41, 5.74) is 3.61. The van der Waals surface area contributed by atoms with Gasteiger partial charge in [-0.2, -0.15) is 0 Å². The molecule has 5 heteroatoms. The number of carbonyl (C=O) groups is 2. The zero-order valence-electron chi connectivity index (χ0n) is 9.83. The number of carboxylic acids is 1. The van der Waals surface area contributed by atoms with Gasteiger partial charge in [-0.1, -0.05) is 0 Å². The Bertz CT molecular complexity index is 271. The van der Waals surface area contributed by atoms with Crippen LogP contribution in [0.25, 0.3) is 0 Å². The Hall–Kier alpha value is -1.10. The molecule has 0 saturated heterocycles. The third-order valence-electron chi connectivity index (χ3n) is 2.82. The van der Waals surface area contributed by atoms with Gasteiger partial charge in [-0.25, -0.2) is 0 Å². The molecule has 0 aliphatic rings. The quantitative estimate of drug-likeness (QED) is 0.674. The predicted octanol–water partition coefficient (Wildman–Crippen LogP) is 0.624. The summed E-state index contributed by atoms with van der Waals surface area (Å²) in [5, 5.41) is 9.00. The number of aliphatic carboxylic acids is 1. The highest BCUT2D eigenvalue weighted by Gasteiger charge is 2.47. The first-order chi connectivity index (χ1) is 6.58. The molecule has 0 radical (unpaired) electrons. The number of hydrogen-bond acceptors (Lipinski definition) is 4. The molecule has 3 N–H and O–H groups in total. The van der Waals surface area contributed by atoms with Gasteiger partial charge in [0.15, 0.2) is 0 Å². The van der Waals surface area contributed by atoms with E-state index in [1.54, 1.807) is 13.8 Å². The van der Waals surface area contributed by atoms with E-state index in [0.29, 0.717) is 0 Å². The second-order valence-electron chi connectivity index (χ2n) is 4.72. The molecule has 0 heterocycles. The fraction of sp³-hybridized carbons (Fsp3) is 0.800. The normalized spacial score (nSPS) is 14.5. The summed E-state index contributed by atoms with van der Waals surface area (Å²) >= 11 is 0. The molecular formula is C10H19NO4. The van der Waals surface area contributed by atoms with Crippen molar-refractivity contribution in [2.45, 2.75) is 33.7 Å². The van der Waals surface area contributed by atoms with Crippen LogP contribution in [0.3, 0.4) is 0 Å². The molecule has 88 valence electrons. The Morgan fingerprint density at radius 1 is 1.20 bits per heavy atom. The van der Waals surface area contributed by atoms with Gasteiger partial charge >= 0.3 is 11.9 Å². The second kappa shape index (κ2) is 4.18. The van der Waals surface area contributed by atoms with Crippen LogP contribution in [0.15, 0.2) is 0 Å². The minimum atomic E-state index is -1.18. The lowest BCUT2D eigenvalue weighted by atomic mass is 9.70. The van der Waals surface area contributed by atoms with Crippen LogP contribution in [0.4, 0.5) is 0 Å². The third-order valence-corrected chi connectivity index (χ3v) is 2.82. The van der Waals surface area contributed by atoms with Crippen molar-refractivity contribution in [1.29, 1.82) is 0 Å². The summed E-state index contributed by atoms with van der Waals surface area (Å²) in [6.45, 7) is 6.14. The first-order valence-electron chi connectivity index (χ1n) is 4.65. The van der Waals surface area contributed by atoms with Gasteiger partial charge < -0.3 is 15.6 Å². The molecule has 0 amide bonds. The topological polar surface area (TPSA) is 89.6 Å². The maximum atomic E-state index is 11.4. The van der Waals surface area contributed by atoms with E-state index in [4.69, 9.17) is 10.8 Å². The molecule has 0 bridgehead atoms. The molecular weight excluding hydrogens is 198 g/mol. The van der Waals surface area contributed by atoms with Crippen molar-refractivity contribution in [3.05, 3.63) is 0 Å². The largest absolute Gasteiger partial charge is 0.481 e. The lowest BCUT2D eigenvalue weighted by Crippen LogP contribution is -2.55. The summed E-state index contributed by atoms with van der Waals surface area (Å²) < 4.78 is 4.60. The molecule has 0 rings (SSSR count). The Kier molecular flexibility index (Phi) is 3.88. The van der Waals surface area contributed by atoms with Gasteiger partial charge in [0.25, 0.3) is 0 Å². The number of rotatable bonds is 4. The predicted molar refractivity (Wildman–Crippen MR) is 55.2 cm³/mol. The molecule has 1 unspecified atom stereocenters. The van der Waals surface area contributed by atoms with Crippen molar-refractivity contribution in [3.63, 3.8) is 0 Å². The molecule has 1 atom stereocenters. The molecule has 15 heavy (non-hydrogen) atoms. The highest BCUT2D eigenvalue weighted by molar-refractivity contribution is 5.80. The van der Waals surface area contributed by atoms with Crippen LogP contribution in [0.1, 0.15) is 27.7 Å². The van der Waals surface area contributed by atoms with Crippen molar-refractivity contribution >= 4 is 11.9 Å². The third kappa shape index (κ3) is 2.47. The monoisotopic (exact) mass is 217 g/mol. The minimum absolute atomic E-state index is 0.510. The van der Waals surface area contributed by atoms with Crippen LogP contribution in [0.2, 0.25) is 0 Å². The number of nitrogens with two attached hydrogens (primary N) is 1. The van der Waals surface area contributed by atoms with Crippen molar-refractivity contribution in [2.24, 2.45) is 16.6 Å². The van der Waals surface area contributed by atoms with E-state index in [1.165, 1.54) is 21.0 Å². The average Bonchev–Trinajstić information content (AvgIpc) is 2.14. The molecule has 0 aromatic carbocycles. The minimum Gasteiger partial charge on any atom is -0.481 e. The molecule has 0 aromatic heterocycles. The summed E-state index contributed by atoms with van der Waals surface area (Å²) in [4.78, 5) is 22.4. The number of carbonyl (C=O) groups excluding carboxylic acids is 1. The second-order valence-corrected chi connectivity index (χ2v) is 4.72. The van der Waals surface area contributed by atoms with Crippen LogP contribution in [0.5, 0.6) is 0 Å². The maximum Gasteiger partial charge on any atom is 0.312 e. The van der Waals surface area contributed by atoms with Crippen molar-refractivity contribution in [2.75, 3.05) is 7.11 Å². The lowest BCUT2D eigenvalue weighted by Gasteiger charge is -2.37. The molecule has 0 saturated carbocycles. The Morgan fingerprint density at radius 3 is 1.87 bits per heavy atom. The maximum absolute atomic E-state index is 11.4. The molecule has 0 fully saturated rings. The highest BCUT2D eigenvalue weighted by Crippen LogP contribution is 2.33. The van der Waals surface area contributed by atoms with Crippen LogP contribution in [-0.2, 0) is 14.3 Å². The van der Waals surface area contributed by atoms with E-state index in [2.05, 4.69) is 4.74 Å². The molecule has 0 spiro atoms. The molecule has 0 aliphatic carbocycles. The van der Waals surface area contributed by atoms with Gasteiger partial charge in [0.1, 0.15) is 0 Å². The Morgan fingerprint density at radius 2 is 1.60 bits per heavy atom. The van der Waals surface area contributed by atoms with Crippen LogP contribution in [-0.4, -0.2) is 30.2 Å². The van der Waals surface area contributed by atoms with Gasteiger partial charge in [0.05, 0.1) is 17.9 Å². The SMILES string of the molecule is COC(=O)C(C)(C)C(N)C(C)(C)C(=O)O. The van der Waals surface area contributed by atoms with Gasteiger partial charge in [-0.3, -0.25) is 9.59 Å². The van der Waals surface area contributed by atoms with Crippen molar-refractivity contribution in [1.82, 2.24) is 0 Å². The van der Waals surface area contributed by atoms with E-state index in [1.807, 2.05) is 0 Å². The van der Waals surface area contributed by atoms with Crippen LogP contribution < -0.4 is 5.73 Å². The number of ether oxygens (including phenoxy) is 1. The Balaban J connectivity index is 5.07. The summed E-state index contributed by atoms with van der Waals surface area (Å²) in [6.07, 6.45) is 0. The lowest BCUT2D eigenvalue weighted by molar-refractivity contribution is -0.158. The number of carboxylic acid groups (broad SMARTS) is 1. The van der Waals surface area contributed by atoms with Gasteiger partial charge in [-0.05, 0) is 27.7 Å². The average molecular weight is 217 g/mol. The number of esters is 1. The number of methoxy groups -OCH3 is 1. The van der Waals surface area contributed by atoms with E-state index < -0.39 is 28.8 Å². The zero-order valence-corrected chi connectivity index (χ0v) is 9.83. The zero-order chi connectivity index (χ0) is 12.4. The molecule has 0 aliphatic heterocycles. The van der Waals surface area contributed by atoms with Gasteiger partial charge in [0.2, 0.25) is 0 Å². The van der Waals surface area contributed by atoms with E-state index >= 15 is 0 Å². The summed E-state index contributed by atoms with van der Waals surface area (Å²) in [7, 11) is 1.25. The fourth-order valence-electron chi connectivity index (χ4n) is 1.43. The summed E-state index contributed by atoms with van der Waals surface area (Å²) in [6, 6.07) is -0.824. The smallest absolute Gasteiger partial charge is 0.312 e. The first-order valence-corrected chi connectivity index (χ1v) is 4.65. The van der Waals surface area contributed by atoms with Crippen molar-refractivity contribution < 1.29 is 19.4 Å². The van der Waals surface area contributed by atoms with Gasteiger partial charge in [0, 0.05) is 6.04 Å². The molecule has 0 aromatic rings.